The maximum absolute atomic E-state index is 2.54. The molecule has 4 rings (SSSR count). The van der Waals surface area contributed by atoms with Crippen molar-refractivity contribution in [3.8, 4) is 0 Å². The molecule has 0 radical (unpaired) electrons. The first-order valence-corrected chi connectivity index (χ1v) is 22.4. The van der Waals surface area contributed by atoms with Gasteiger partial charge in [-0.25, -0.2) is 0 Å². The topological polar surface area (TPSA) is 0 Å². The molecule has 39 heavy (non-hydrogen) atoms. The molecule has 2 unspecified atom stereocenters. The van der Waals surface area contributed by atoms with Crippen molar-refractivity contribution >= 4 is 15.8 Å². The van der Waals surface area contributed by atoms with Crippen LogP contribution in [0.1, 0.15) is 200 Å². The summed E-state index contributed by atoms with van der Waals surface area (Å²) in [6.45, 7) is 4.85. The van der Waals surface area contributed by atoms with E-state index in [1.165, 1.54) is 145 Å². The molecule has 4 aliphatic heterocycles. The summed E-state index contributed by atoms with van der Waals surface area (Å²) in [6, 6.07) is 0. The van der Waals surface area contributed by atoms with Crippen molar-refractivity contribution in [2.45, 2.75) is 222 Å². The fourth-order valence-electron chi connectivity index (χ4n) is 8.54. The van der Waals surface area contributed by atoms with E-state index in [4.69, 9.17) is 0 Å². The van der Waals surface area contributed by atoms with E-state index in [1.54, 1.807) is 76.8 Å². The molecule has 0 aromatic rings. The first-order valence-electron chi connectivity index (χ1n) is 18.8. The zero-order valence-electron chi connectivity index (χ0n) is 27.1. The van der Waals surface area contributed by atoms with Crippen molar-refractivity contribution < 1.29 is 0 Å². The average molecular weight is 579 g/mol. The van der Waals surface area contributed by atoms with Crippen LogP contribution in [0.5, 0.6) is 0 Å². The summed E-state index contributed by atoms with van der Waals surface area (Å²) in [5.74, 6) is 0. The minimum Gasteiger partial charge on any atom is -0.104 e. The van der Waals surface area contributed by atoms with Gasteiger partial charge in [-0.05, 0) is 93.3 Å². The van der Waals surface area contributed by atoms with Crippen molar-refractivity contribution in [1.29, 1.82) is 0 Å². The molecule has 0 saturated carbocycles. The molecule has 4 saturated heterocycles. The van der Waals surface area contributed by atoms with Crippen molar-refractivity contribution in [3.05, 3.63) is 0 Å². The van der Waals surface area contributed by atoms with Crippen molar-refractivity contribution in [1.82, 2.24) is 0 Å². The quantitative estimate of drug-likeness (QED) is 0.106. The largest absolute Gasteiger partial charge is 0.104 e. The normalized spacial score (nSPS) is 30.0. The third-order valence-corrected chi connectivity index (χ3v) is 18.2. The highest BCUT2D eigenvalue weighted by molar-refractivity contribution is 7.59. The first kappa shape index (κ1) is 34.4. The van der Waals surface area contributed by atoms with Gasteiger partial charge in [-0.3, -0.25) is 0 Å². The lowest BCUT2D eigenvalue weighted by Crippen LogP contribution is -2.27. The number of rotatable bonds is 19. The van der Waals surface area contributed by atoms with E-state index in [1.807, 2.05) is 0 Å². The van der Waals surface area contributed by atoms with Gasteiger partial charge in [0, 0.05) is 0 Å². The van der Waals surface area contributed by atoms with Crippen LogP contribution in [0.15, 0.2) is 0 Å². The Labute approximate surface area is 250 Å². The third-order valence-electron chi connectivity index (χ3n) is 11.2. The molecule has 0 spiro atoms. The van der Waals surface area contributed by atoms with Crippen molar-refractivity contribution in [2.75, 3.05) is 12.8 Å². The van der Waals surface area contributed by atoms with Gasteiger partial charge >= 0.3 is 0 Å². The lowest BCUT2D eigenvalue weighted by molar-refractivity contribution is 0.473. The fourth-order valence-corrected chi connectivity index (χ4v) is 15.4. The maximum Gasteiger partial charge on any atom is -0.0207 e. The Bertz CT molecular complexity index is 526. The predicted octanol–water partition coefficient (Wildman–Crippen LogP) is 13.8. The van der Waals surface area contributed by atoms with Gasteiger partial charge in [-0.2, -0.15) is 0 Å². The van der Waals surface area contributed by atoms with Crippen molar-refractivity contribution in [3.63, 3.8) is 0 Å². The molecule has 2 atom stereocenters. The molecule has 0 nitrogen and oxygen atoms in total. The highest BCUT2D eigenvalue weighted by atomic mass is 31.1. The van der Waals surface area contributed by atoms with Crippen LogP contribution in [0.3, 0.4) is 0 Å². The Morgan fingerprint density at radius 3 is 1.10 bits per heavy atom. The summed E-state index contributed by atoms with van der Waals surface area (Å²) in [5, 5.41) is 0. The molecule has 0 aliphatic carbocycles. The summed E-state index contributed by atoms with van der Waals surface area (Å²) >= 11 is 0. The summed E-state index contributed by atoms with van der Waals surface area (Å²) in [6.07, 6.45) is 47.5. The van der Waals surface area contributed by atoms with E-state index in [9.17, 15) is 0 Å². The first-order chi connectivity index (χ1) is 19.3. The maximum atomic E-state index is 2.54. The molecular formula is C37H72P2. The molecule has 0 N–H and O–H groups in total. The van der Waals surface area contributed by atoms with Gasteiger partial charge in [-0.15, -0.1) is 15.8 Å². The molecule has 4 bridgehead atoms. The number of unbranched alkanes of at least 4 members (excludes halogenated alkanes) is 17. The van der Waals surface area contributed by atoms with Gasteiger partial charge in [-0.1, -0.05) is 142 Å². The van der Waals surface area contributed by atoms with Crippen LogP contribution >= 0.6 is 15.8 Å². The molecule has 4 fully saturated rings. The Hall–Kier alpha value is 0.860. The van der Waals surface area contributed by atoms with Crippen molar-refractivity contribution in [2.24, 2.45) is 0 Å². The van der Waals surface area contributed by atoms with E-state index in [0.29, 0.717) is 15.8 Å². The zero-order valence-corrected chi connectivity index (χ0v) is 28.9. The minimum atomic E-state index is 0.446. The average Bonchev–Trinajstić information content (AvgIpc) is 3.17. The van der Waals surface area contributed by atoms with E-state index < -0.39 is 0 Å². The Morgan fingerprint density at radius 2 is 0.718 bits per heavy atom. The van der Waals surface area contributed by atoms with E-state index >= 15 is 0 Å². The van der Waals surface area contributed by atoms with Crippen LogP contribution in [0, 0.1) is 0 Å². The molecule has 230 valence electrons. The molecule has 0 aromatic carbocycles. The summed E-state index contributed by atoms with van der Waals surface area (Å²) in [4.78, 5) is 0. The van der Waals surface area contributed by atoms with Gasteiger partial charge in [0.15, 0.2) is 0 Å². The Morgan fingerprint density at radius 1 is 0.385 bits per heavy atom. The molecule has 4 aliphatic rings. The second kappa shape index (κ2) is 22.4. The molecule has 0 amide bonds. The Balaban J connectivity index is 0.000000346. The van der Waals surface area contributed by atoms with Gasteiger partial charge in [0.2, 0.25) is 0 Å². The summed E-state index contributed by atoms with van der Waals surface area (Å²) in [7, 11) is 0.916. The monoisotopic (exact) mass is 579 g/mol. The minimum absolute atomic E-state index is 0.446. The second-order valence-corrected chi connectivity index (χ2v) is 20.0. The number of hydrogen-bond donors (Lipinski definition) is 0. The molecule has 0 aromatic heterocycles. The lowest BCUT2D eigenvalue weighted by Gasteiger charge is -2.43. The Kier molecular flexibility index (Phi) is 19.7. The standard InChI is InChI=1S/C28H55P.C9H17P/c1-2-3-4-5-6-7-8-9-10-11-12-13-14-15-16-17-18-19-26-29-27-22-20-23-28(29)25-21-24-27;1-10-8-4-2-3-5-9(10)7-6-8/h27-28H,2-26H2,1H3;8-9H,2-7H2,1H3. The highest BCUT2D eigenvalue weighted by Gasteiger charge is 2.35. The third kappa shape index (κ3) is 14.3. The summed E-state index contributed by atoms with van der Waals surface area (Å²) in [5.41, 5.74) is 4.76. The number of hydrogen-bond acceptors (Lipinski definition) is 0. The SMILES string of the molecule is CCCCCCCCCCCCCCCCCCCCP1C2CCCC1CCC2.CP1C2CCCCC1CC2. The summed E-state index contributed by atoms with van der Waals surface area (Å²) < 4.78 is 0. The smallest absolute Gasteiger partial charge is 0.0207 e. The number of fused-ring (bicyclic) bond motifs is 4. The van der Waals surface area contributed by atoms with Crippen LogP contribution < -0.4 is 0 Å². The van der Waals surface area contributed by atoms with Crippen LogP contribution in [-0.4, -0.2) is 35.5 Å². The highest BCUT2D eigenvalue weighted by Crippen LogP contribution is 2.60. The van der Waals surface area contributed by atoms with Crippen LogP contribution in [-0.2, 0) is 0 Å². The molecule has 2 heteroatoms. The molecule has 4 heterocycles. The van der Waals surface area contributed by atoms with E-state index in [2.05, 4.69) is 13.6 Å². The van der Waals surface area contributed by atoms with E-state index in [-0.39, 0.29) is 0 Å². The fraction of sp³-hybridized carbons (Fsp3) is 1.00. The predicted molar refractivity (Wildman–Crippen MR) is 184 cm³/mol. The van der Waals surface area contributed by atoms with Crippen LogP contribution in [0.4, 0.5) is 0 Å². The van der Waals surface area contributed by atoms with E-state index in [0.717, 1.165) is 0 Å². The van der Waals surface area contributed by atoms with Crippen LogP contribution in [0.2, 0.25) is 0 Å². The second-order valence-electron chi connectivity index (χ2n) is 14.3. The van der Waals surface area contributed by atoms with Crippen LogP contribution in [0.25, 0.3) is 0 Å². The lowest BCUT2D eigenvalue weighted by atomic mass is 9.99. The van der Waals surface area contributed by atoms with Gasteiger partial charge in [0.1, 0.15) is 0 Å². The van der Waals surface area contributed by atoms with Gasteiger partial charge in [0.05, 0.1) is 0 Å². The molecular weight excluding hydrogens is 506 g/mol. The zero-order chi connectivity index (χ0) is 27.4. The van der Waals surface area contributed by atoms with Gasteiger partial charge in [0.25, 0.3) is 0 Å². The van der Waals surface area contributed by atoms with Gasteiger partial charge < -0.3 is 0 Å².